The lowest BCUT2D eigenvalue weighted by molar-refractivity contribution is 0.214. The first-order valence-corrected chi connectivity index (χ1v) is 3.36. The molecule has 2 heteroatoms. The average Bonchev–Trinajstić information content (AvgIpc) is 1.97. The molecular weight excluding hydrogens is 126 g/mol. The summed E-state index contributed by atoms with van der Waals surface area (Å²) in [7, 11) is 1.53. The smallest absolute Gasteiger partial charge is 0.106 e. The highest BCUT2D eigenvalue weighted by Gasteiger charge is 1.82. The second-order valence-corrected chi connectivity index (χ2v) is 1.89. The summed E-state index contributed by atoms with van der Waals surface area (Å²) in [5.74, 6) is 2.33. The Kier molecular flexibility index (Phi) is 7.25. The van der Waals surface area contributed by atoms with Gasteiger partial charge in [-0.1, -0.05) is 11.1 Å². The van der Waals surface area contributed by atoms with Gasteiger partial charge in [0.2, 0.25) is 0 Å². The lowest BCUT2D eigenvalue weighted by Crippen LogP contribution is -1.78. The molecule has 0 saturated carbocycles. The van der Waals surface area contributed by atoms with Gasteiger partial charge in [0.15, 0.2) is 0 Å². The number of oxime groups is 1. The van der Waals surface area contributed by atoms with Crippen molar-refractivity contribution in [3.05, 3.63) is 6.42 Å². The van der Waals surface area contributed by atoms with Crippen LogP contribution in [0, 0.1) is 12.3 Å². The highest BCUT2D eigenvalue weighted by molar-refractivity contribution is 5.55. The molecular formula is C8H12NO. The van der Waals surface area contributed by atoms with Crippen LogP contribution in [-0.2, 0) is 4.84 Å². The van der Waals surface area contributed by atoms with Crippen molar-refractivity contribution in [3.8, 4) is 5.92 Å². The molecule has 0 atom stereocenters. The summed E-state index contributed by atoms with van der Waals surface area (Å²) in [6.07, 6.45) is 12.1. The fourth-order valence-corrected chi connectivity index (χ4v) is 0.576. The summed E-state index contributed by atoms with van der Waals surface area (Å²) in [4.78, 5) is 4.47. The fraction of sp³-hybridized carbons (Fsp3) is 0.625. The van der Waals surface area contributed by atoms with Crippen LogP contribution in [0.5, 0.6) is 0 Å². The third-order valence-corrected chi connectivity index (χ3v) is 1.06. The molecule has 10 heavy (non-hydrogen) atoms. The first kappa shape index (κ1) is 9.03. The van der Waals surface area contributed by atoms with E-state index in [9.17, 15) is 0 Å². The van der Waals surface area contributed by atoms with Crippen molar-refractivity contribution in [1.82, 2.24) is 0 Å². The van der Waals surface area contributed by atoms with E-state index >= 15 is 0 Å². The van der Waals surface area contributed by atoms with Crippen LogP contribution in [0.4, 0.5) is 0 Å². The Morgan fingerprint density at radius 2 is 2.40 bits per heavy atom. The topological polar surface area (TPSA) is 21.6 Å². The zero-order chi connectivity index (χ0) is 7.66. The standard InChI is InChI=1S/C8H12NO/c1-3-4-5-6-7-8-9-10-2/h8H,4-7H2,2H3/b9-8+. The Hall–Kier alpha value is -0.970. The summed E-state index contributed by atoms with van der Waals surface area (Å²) in [6.45, 7) is 0. The van der Waals surface area contributed by atoms with E-state index in [1.165, 1.54) is 7.11 Å². The van der Waals surface area contributed by atoms with Crippen LogP contribution in [0.2, 0.25) is 0 Å². The second kappa shape index (κ2) is 8.03. The van der Waals surface area contributed by atoms with Gasteiger partial charge in [-0.05, 0) is 25.7 Å². The SMILES string of the molecule is [C]#CCCCC/C=N/OC. The molecule has 2 nitrogen and oxygen atoms in total. The maximum atomic E-state index is 6.61. The van der Waals surface area contributed by atoms with Crippen LogP contribution in [0.3, 0.4) is 0 Å². The number of hydrogen-bond donors (Lipinski definition) is 0. The van der Waals surface area contributed by atoms with Gasteiger partial charge in [0.05, 0.1) is 0 Å². The molecule has 0 aromatic carbocycles. The van der Waals surface area contributed by atoms with Gasteiger partial charge in [-0.3, -0.25) is 0 Å². The van der Waals surface area contributed by atoms with Gasteiger partial charge >= 0.3 is 0 Å². The minimum atomic E-state index is 0.751. The maximum absolute atomic E-state index is 6.61. The molecule has 0 rings (SSSR count). The Bertz CT molecular complexity index is 124. The molecule has 0 aromatic heterocycles. The van der Waals surface area contributed by atoms with Crippen LogP contribution in [0.15, 0.2) is 5.16 Å². The Balaban J connectivity index is 2.92. The van der Waals surface area contributed by atoms with E-state index in [0.29, 0.717) is 0 Å². The van der Waals surface area contributed by atoms with Crippen LogP contribution in [0.25, 0.3) is 0 Å². The molecule has 0 aromatic rings. The zero-order valence-electron chi connectivity index (χ0n) is 6.26. The predicted molar refractivity (Wildman–Crippen MR) is 41.1 cm³/mol. The van der Waals surface area contributed by atoms with Gasteiger partial charge in [-0.15, -0.1) is 0 Å². The van der Waals surface area contributed by atoms with Crippen molar-refractivity contribution < 1.29 is 4.84 Å². The molecule has 0 unspecified atom stereocenters. The Morgan fingerprint density at radius 3 is 3.00 bits per heavy atom. The summed E-state index contributed by atoms with van der Waals surface area (Å²) >= 11 is 0. The van der Waals surface area contributed by atoms with E-state index in [2.05, 4.69) is 15.9 Å². The Morgan fingerprint density at radius 1 is 1.60 bits per heavy atom. The minimum absolute atomic E-state index is 0.751. The van der Waals surface area contributed by atoms with Gasteiger partial charge in [-0.25, -0.2) is 0 Å². The van der Waals surface area contributed by atoms with Gasteiger partial charge < -0.3 is 4.84 Å². The highest BCUT2D eigenvalue weighted by atomic mass is 16.6. The molecule has 0 amide bonds. The quantitative estimate of drug-likeness (QED) is 0.245. The third-order valence-electron chi connectivity index (χ3n) is 1.06. The first-order valence-electron chi connectivity index (χ1n) is 3.36. The second-order valence-electron chi connectivity index (χ2n) is 1.89. The largest absolute Gasteiger partial charge is 0.399 e. The molecule has 0 N–H and O–H groups in total. The van der Waals surface area contributed by atoms with Crippen LogP contribution >= 0.6 is 0 Å². The molecule has 0 aliphatic carbocycles. The van der Waals surface area contributed by atoms with Gasteiger partial charge in [0, 0.05) is 12.6 Å². The molecule has 0 spiro atoms. The van der Waals surface area contributed by atoms with Crippen LogP contribution in [-0.4, -0.2) is 13.3 Å². The minimum Gasteiger partial charge on any atom is -0.399 e. The molecule has 0 saturated heterocycles. The van der Waals surface area contributed by atoms with Crippen LogP contribution in [0.1, 0.15) is 25.7 Å². The van der Waals surface area contributed by atoms with Crippen molar-refractivity contribution in [1.29, 1.82) is 0 Å². The molecule has 0 aliphatic heterocycles. The summed E-state index contributed by atoms with van der Waals surface area (Å²) in [6, 6.07) is 0. The number of nitrogens with zero attached hydrogens (tertiary/aromatic N) is 1. The maximum Gasteiger partial charge on any atom is 0.106 e. The summed E-state index contributed by atoms with van der Waals surface area (Å²) in [5, 5.41) is 3.58. The lowest BCUT2D eigenvalue weighted by atomic mass is 10.2. The molecule has 1 radical (unpaired) electrons. The Labute approximate surface area is 62.3 Å². The van der Waals surface area contributed by atoms with Crippen molar-refractivity contribution in [2.24, 2.45) is 5.16 Å². The van der Waals surface area contributed by atoms with Crippen molar-refractivity contribution in [3.63, 3.8) is 0 Å². The molecule has 0 bridgehead atoms. The van der Waals surface area contributed by atoms with E-state index in [4.69, 9.17) is 6.42 Å². The van der Waals surface area contributed by atoms with Crippen molar-refractivity contribution in [2.45, 2.75) is 25.7 Å². The zero-order valence-corrected chi connectivity index (χ0v) is 6.26. The van der Waals surface area contributed by atoms with Crippen molar-refractivity contribution in [2.75, 3.05) is 7.11 Å². The number of unbranched alkanes of at least 4 members (excludes halogenated alkanes) is 3. The van der Waals surface area contributed by atoms with E-state index in [1.54, 1.807) is 6.21 Å². The van der Waals surface area contributed by atoms with E-state index < -0.39 is 0 Å². The monoisotopic (exact) mass is 138 g/mol. The normalized spacial score (nSPS) is 9.60. The van der Waals surface area contributed by atoms with Gasteiger partial charge in [0.25, 0.3) is 0 Å². The van der Waals surface area contributed by atoms with Gasteiger partial charge in [-0.2, -0.15) is 0 Å². The fourth-order valence-electron chi connectivity index (χ4n) is 0.576. The lowest BCUT2D eigenvalue weighted by Gasteiger charge is -1.89. The summed E-state index contributed by atoms with van der Waals surface area (Å²) < 4.78 is 0. The van der Waals surface area contributed by atoms with Crippen LogP contribution < -0.4 is 0 Å². The average molecular weight is 138 g/mol. The van der Waals surface area contributed by atoms with E-state index in [1.807, 2.05) is 0 Å². The predicted octanol–water partition coefficient (Wildman–Crippen LogP) is 1.77. The van der Waals surface area contributed by atoms with Gasteiger partial charge in [0.1, 0.15) is 7.11 Å². The van der Waals surface area contributed by atoms with Crippen molar-refractivity contribution >= 4 is 6.21 Å². The van der Waals surface area contributed by atoms with E-state index in [0.717, 1.165) is 25.7 Å². The highest BCUT2D eigenvalue weighted by Crippen LogP contribution is 1.95. The number of hydrogen-bond acceptors (Lipinski definition) is 2. The molecule has 55 valence electrons. The molecule has 0 heterocycles. The molecule has 0 aliphatic rings. The first-order chi connectivity index (χ1) is 4.91. The number of rotatable bonds is 5. The van der Waals surface area contributed by atoms with E-state index in [-0.39, 0.29) is 0 Å². The molecule has 0 fully saturated rings. The third kappa shape index (κ3) is 7.03. The summed E-state index contributed by atoms with van der Waals surface area (Å²) in [5.41, 5.74) is 0.